The van der Waals surface area contributed by atoms with Gasteiger partial charge in [-0.3, -0.25) is 9.78 Å². The standard InChI is InChI=1S/C27H39N5OS.C4H8O/c1-20(2)18-31(19-21(3)4)26(33)22-10-11-25-24(17-22)29-27(34)32(25)15-8-14-30(5)16-12-23-9-6-7-13-28-23;1-2-4-5-3-1/h6-7,9-11,13,17,20-21H,8,12,14-16,18-19H2,1-5H3,(H,29,34);1-4H2. The SMILES string of the molecule is C1CCOC1.CC(C)CN(CC(C)C)C(=O)c1ccc2c(c1)[nH]c(=S)n2CCCN(C)CCc1ccccn1. The van der Waals surface area contributed by atoms with Crippen LogP contribution in [0.15, 0.2) is 42.6 Å². The third-order valence-electron chi connectivity index (χ3n) is 6.70. The van der Waals surface area contributed by atoms with Crippen LogP contribution in [0.3, 0.4) is 0 Å². The lowest BCUT2D eigenvalue weighted by atomic mass is 10.1. The molecule has 1 aliphatic rings. The first-order valence-corrected chi connectivity index (χ1v) is 14.8. The maximum Gasteiger partial charge on any atom is 0.253 e. The number of amides is 1. The van der Waals surface area contributed by atoms with Crippen molar-refractivity contribution in [2.24, 2.45) is 11.8 Å². The van der Waals surface area contributed by atoms with Crippen LogP contribution in [0.5, 0.6) is 0 Å². The topological polar surface area (TPSA) is 66.4 Å². The van der Waals surface area contributed by atoms with E-state index >= 15 is 0 Å². The van der Waals surface area contributed by atoms with E-state index in [1.807, 2.05) is 41.4 Å². The van der Waals surface area contributed by atoms with Crippen LogP contribution in [0.4, 0.5) is 0 Å². The van der Waals surface area contributed by atoms with E-state index in [2.05, 4.69) is 60.2 Å². The summed E-state index contributed by atoms with van der Waals surface area (Å²) in [5, 5.41) is 0. The number of fused-ring (bicyclic) bond motifs is 1. The molecule has 214 valence electrons. The summed E-state index contributed by atoms with van der Waals surface area (Å²) in [5.74, 6) is 0.951. The van der Waals surface area contributed by atoms with E-state index in [0.29, 0.717) is 22.2 Å². The number of nitrogens with one attached hydrogen (secondary N) is 1. The largest absolute Gasteiger partial charge is 0.381 e. The predicted octanol–water partition coefficient (Wildman–Crippen LogP) is 6.21. The molecule has 39 heavy (non-hydrogen) atoms. The summed E-state index contributed by atoms with van der Waals surface area (Å²) in [4.78, 5) is 25.3. The number of imidazole rings is 1. The molecule has 1 aromatic carbocycles. The van der Waals surface area contributed by atoms with Gasteiger partial charge in [-0.15, -0.1) is 0 Å². The number of benzene rings is 1. The fraction of sp³-hybridized carbons (Fsp3) is 0.581. The second kappa shape index (κ2) is 15.9. The molecule has 2 aromatic heterocycles. The maximum absolute atomic E-state index is 13.2. The van der Waals surface area contributed by atoms with E-state index in [1.54, 1.807) is 0 Å². The van der Waals surface area contributed by atoms with Crippen molar-refractivity contribution < 1.29 is 9.53 Å². The molecule has 0 aliphatic carbocycles. The lowest BCUT2D eigenvalue weighted by Crippen LogP contribution is -2.37. The molecule has 7 nitrogen and oxygen atoms in total. The quantitative estimate of drug-likeness (QED) is 0.270. The van der Waals surface area contributed by atoms with Gasteiger partial charge in [0.25, 0.3) is 5.91 Å². The Morgan fingerprint density at radius 1 is 1.08 bits per heavy atom. The molecule has 0 bridgehead atoms. The van der Waals surface area contributed by atoms with E-state index in [0.717, 1.165) is 75.5 Å². The molecule has 1 amide bonds. The molecule has 1 N–H and O–H groups in total. The Balaban J connectivity index is 0.000000753. The Hall–Kier alpha value is -2.55. The zero-order valence-corrected chi connectivity index (χ0v) is 25.3. The molecule has 1 fully saturated rings. The lowest BCUT2D eigenvalue weighted by molar-refractivity contribution is 0.0715. The van der Waals surface area contributed by atoms with Gasteiger partial charge in [-0.1, -0.05) is 33.8 Å². The van der Waals surface area contributed by atoms with Crippen LogP contribution in [-0.4, -0.2) is 76.7 Å². The first-order chi connectivity index (χ1) is 18.7. The van der Waals surface area contributed by atoms with E-state index in [1.165, 1.54) is 12.8 Å². The van der Waals surface area contributed by atoms with Crippen LogP contribution >= 0.6 is 12.2 Å². The molecule has 0 radical (unpaired) electrons. The first-order valence-electron chi connectivity index (χ1n) is 14.4. The second-order valence-corrected chi connectivity index (χ2v) is 11.7. The van der Waals surface area contributed by atoms with E-state index < -0.39 is 0 Å². The molecule has 1 saturated heterocycles. The Morgan fingerprint density at radius 2 is 1.79 bits per heavy atom. The van der Waals surface area contributed by atoms with Gasteiger partial charge >= 0.3 is 0 Å². The van der Waals surface area contributed by atoms with Crippen LogP contribution in [0.1, 0.15) is 63.0 Å². The summed E-state index contributed by atoms with van der Waals surface area (Å²) in [5.41, 5.74) is 3.82. The van der Waals surface area contributed by atoms with E-state index in [-0.39, 0.29) is 5.91 Å². The predicted molar refractivity (Wildman–Crippen MR) is 163 cm³/mol. The Labute approximate surface area is 239 Å². The van der Waals surface area contributed by atoms with Crippen molar-refractivity contribution >= 4 is 29.2 Å². The number of nitrogens with zero attached hydrogens (tertiary/aromatic N) is 4. The fourth-order valence-corrected chi connectivity index (χ4v) is 5.09. The minimum absolute atomic E-state index is 0.0888. The number of H-pyrrole nitrogens is 1. The number of hydrogen-bond acceptors (Lipinski definition) is 5. The number of aryl methyl sites for hydroxylation is 1. The highest BCUT2D eigenvalue weighted by Crippen LogP contribution is 2.19. The van der Waals surface area contributed by atoms with E-state index in [4.69, 9.17) is 17.0 Å². The summed E-state index contributed by atoms with van der Waals surface area (Å²) >= 11 is 5.61. The van der Waals surface area contributed by atoms with Gasteiger partial charge in [0.1, 0.15) is 0 Å². The number of aromatic nitrogens is 3. The summed E-state index contributed by atoms with van der Waals surface area (Å²) < 4.78 is 7.79. The summed E-state index contributed by atoms with van der Waals surface area (Å²) in [7, 11) is 2.15. The molecule has 1 aliphatic heterocycles. The first kappa shape index (κ1) is 31.0. The molecular formula is C31H47N5O2S. The maximum atomic E-state index is 13.2. The van der Waals surface area contributed by atoms with Crippen LogP contribution in [0, 0.1) is 16.6 Å². The molecular weight excluding hydrogens is 506 g/mol. The minimum Gasteiger partial charge on any atom is -0.381 e. The summed E-state index contributed by atoms with van der Waals surface area (Å²) in [6, 6.07) is 12.0. The Morgan fingerprint density at radius 3 is 2.38 bits per heavy atom. The van der Waals surface area contributed by atoms with Crippen molar-refractivity contribution in [3.05, 3.63) is 58.6 Å². The van der Waals surface area contributed by atoms with Crippen LogP contribution in [0.2, 0.25) is 0 Å². The smallest absolute Gasteiger partial charge is 0.253 e. The molecule has 3 heterocycles. The normalized spacial score (nSPS) is 13.3. The average molecular weight is 554 g/mol. The third-order valence-corrected chi connectivity index (χ3v) is 7.03. The van der Waals surface area contributed by atoms with Crippen molar-refractivity contribution in [3.8, 4) is 0 Å². The van der Waals surface area contributed by atoms with Crippen molar-refractivity contribution in [2.75, 3.05) is 46.4 Å². The van der Waals surface area contributed by atoms with Gasteiger partial charge in [-0.2, -0.15) is 0 Å². The van der Waals surface area contributed by atoms with Crippen molar-refractivity contribution in [1.29, 1.82) is 0 Å². The monoisotopic (exact) mass is 553 g/mol. The van der Waals surface area contributed by atoms with Gasteiger partial charge in [0.15, 0.2) is 4.77 Å². The zero-order valence-electron chi connectivity index (χ0n) is 24.5. The molecule has 3 aromatic rings. The number of carbonyl (C=O) groups excluding carboxylic acids is 1. The van der Waals surface area contributed by atoms with Crippen molar-refractivity contribution in [1.82, 2.24) is 24.3 Å². The lowest BCUT2D eigenvalue weighted by Gasteiger charge is -2.26. The highest BCUT2D eigenvalue weighted by molar-refractivity contribution is 7.71. The van der Waals surface area contributed by atoms with Gasteiger partial charge in [-0.25, -0.2) is 0 Å². The van der Waals surface area contributed by atoms with Crippen molar-refractivity contribution in [2.45, 2.75) is 59.9 Å². The number of likely N-dealkylation sites (N-methyl/N-ethyl adjacent to an activating group) is 1. The number of hydrogen-bond donors (Lipinski definition) is 1. The summed E-state index contributed by atoms with van der Waals surface area (Å²) in [6.45, 7) is 14.9. The minimum atomic E-state index is 0.0888. The number of carbonyl (C=O) groups is 1. The van der Waals surface area contributed by atoms with Gasteiger partial charge in [0.2, 0.25) is 0 Å². The fourth-order valence-electron chi connectivity index (χ4n) is 4.80. The summed E-state index contributed by atoms with van der Waals surface area (Å²) in [6.07, 6.45) is 6.35. The molecule has 4 rings (SSSR count). The van der Waals surface area contributed by atoms with Crippen molar-refractivity contribution in [3.63, 3.8) is 0 Å². The molecule has 0 unspecified atom stereocenters. The van der Waals surface area contributed by atoms with Crippen LogP contribution < -0.4 is 0 Å². The van der Waals surface area contributed by atoms with Gasteiger partial charge in [0, 0.05) is 63.3 Å². The molecule has 0 spiro atoms. The molecule has 8 heteroatoms. The Bertz CT molecular complexity index is 1180. The van der Waals surface area contributed by atoms with Gasteiger partial charge < -0.3 is 24.1 Å². The third kappa shape index (κ3) is 10.2. The highest BCUT2D eigenvalue weighted by atomic mass is 32.1. The van der Waals surface area contributed by atoms with Gasteiger partial charge in [-0.05, 0) is 87.2 Å². The van der Waals surface area contributed by atoms with Crippen LogP contribution in [-0.2, 0) is 17.7 Å². The Kier molecular flexibility index (Phi) is 12.6. The number of aromatic amines is 1. The average Bonchev–Trinajstić information content (AvgIpc) is 3.58. The second-order valence-electron chi connectivity index (χ2n) is 11.4. The number of rotatable bonds is 12. The van der Waals surface area contributed by atoms with E-state index in [9.17, 15) is 4.79 Å². The van der Waals surface area contributed by atoms with Crippen LogP contribution in [0.25, 0.3) is 11.0 Å². The molecule has 0 saturated carbocycles. The highest BCUT2D eigenvalue weighted by Gasteiger charge is 2.19. The number of ether oxygens (including phenoxy) is 1. The number of pyridine rings is 1. The zero-order chi connectivity index (χ0) is 28.2. The van der Waals surface area contributed by atoms with Gasteiger partial charge in [0.05, 0.1) is 11.0 Å². The molecule has 0 atom stereocenters.